The number of imidazole rings is 1. The number of rotatable bonds is 6. The summed E-state index contributed by atoms with van der Waals surface area (Å²) in [5, 5.41) is 21.6. The van der Waals surface area contributed by atoms with Gasteiger partial charge in [0.15, 0.2) is 37.4 Å². The largest absolute Gasteiger partial charge is 0.414 e. The van der Waals surface area contributed by atoms with Crippen LogP contribution < -0.4 is 5.73 Å². The number of hydrogen-bond acceptors (Lipinski definition) is 8. The zero-order valence-electron chi connectivity index (χ0n) is 19.8. The monoisotopic (exact) mass is 461 g/mol. The summed E-state index contributed by atoms with van der Waals surface area (Å²) in [6.07, 6.45) is 0.129. The number of aliphatic hydroxyl groups excluding tert-OH is 2. The van der Waals surface area contributed by atoms with Crippen molar-refractivity contribution in [1.29, 1.82) is 0 Å². The van der Waals surface area contributed by atoms with Crippen LogP contribution in [0.3, 0.4) is 0 Å². The first-order valence-corrected chi connectivity index (χ1v) is 14.0. The smallest absolute Gasteiger partial charge is 0.192 e. The Labute approximate surface area is 190 Å². The predicted molar refractivity (Wildman–Crippen MR) is 125 cm³/mol. The maximum Gasteiger partial charge on any atom is 0.192 e. The fourth-order valence-electron chi connectivity index (χ4n) is 3.25. The van der Waals surface area contributed by atoms with E-state index in [2.05, 4.69) is 67.6 Å². The van der Waals surface area contributed by atoms with E-state index in [9.17, 15) is 10.2 Å². The highest BCUT2D eigenvalue weighted by Gasteiger charge is 2.47. The normalized spacial score (nSPS) is 24.0. The van der Waals surface area contributed by atoms with Crippen molar-refractivity contribution in [2.24, 2.45) is 0 Å². The third-order valence-electron chi connectivity index (χ3n) is 6.37. The Hall–Kier alpha value is -2.03. The van der Waals surface area contributed by atoms with Gasteiger partial charge in [0.25, 0.3) is 0 Å². The van der Waals surface area contributed by atoms with Gasteiger partial charge in [-0.15, -0.1) is 0 Å². The first-order chi connectivity index (χ1) is 15.0. The molecule has 1 fully saturated rings. The SMILES string of the molecule is CCCCC#Cc1nc2c(N)ncnc2n1[C@@H]1O[C@H](CO[Si](C)(C)C(C)(C)C)[C@@H](O)[C@H]1O. The van der Waals surface area contributed by atoms with Crippen molar-refractivity contribution in [2.45, 2.75) is 89.6 Å². The summed E-state index contributed by atoms with van der Waals surface area (Å²) in [5.74, 6) is 6.74. The van der Waals surface area contributed by atoms with Gasteiger partial charge in [-0.25, -0.2) is 15.0 Å². The molecule has 32 heavy (non-hydrogen) atoms. The molecule has 4 atom stereocenters. The molecule has 4 N–H and O–H groups in total. The van der Waals surface area contributed by atoms with Gasteiger partial charge in [-0.1, -0.05) is 40.0 Å². The van der Waals surface area contributed by atoms with E-state index in [0.29, 0.717) is 17.0 Å². The summed E-state index contributed by atoms with van der Waals surface area (Å²) in [4.78, 5) is 12.8. The number of hydrogen-bond donors (Lipinski definition) is 3. The minimum Gasteiger partial charge on any atom is -0.414 e. The van der Waals surface area contributed by atoms with Crippen molar-refractivity contribution in [1.82, 2.24) is 19.5 Å². The second-order valence-electron chi connectivity index (χ2n) is 9.76. The van der Waals surface area contributed by atoms with Crippen molar-refractivity contribution in [3.05, 3.63) is 12.2 Å². The van der Waals surface area contributed by atoms with Crippen LogP contribution in [0.25, 0.3) is 11.2 Å². The van der Waals surface area contributed by atoms with Crippen molar-refractivity contribution in [2.75, 3.05) is 12.3 Å². The van der Waals surface area contributed by atoms with E-state index in [4.69, 9.17) is 14.9 Å². The molecule has 3 rings (SSSR count). The van der Waals surface area contributed by atoms with Gasteiger partial charge >= 0.3 is 0 Å². The van der Waals surface area contributed by atoms with Crippen LogP contribution in [-0.4, -0.2) is 63.0 Å². The molecule has 2 aromatic rings. The summed E-state index contributed by atoms with van der Waals surface area (Å²) in [6.45, 7) is 13.0. The van der Waals surface area contributed by atoms with Crippen LogP contribution in [0.5, 0.6) is 0 Å². The number of nitrogens with two attached hydrogens (primary N) is 1. The molecule has 9 nitrogen and oxygen atoms in total. The summed E-state index contributed by atoms with van der Waals surface area (Å²) >= 11 is 0. The molecule has 0 amide bonds. The lowest BCUT2D eigenvalue weighted by molar-refractivity contribution is -0.0494. The van der Waals surface area contributed by atoms with Gasteiger partial charge in [-0.2, -0.15) is 0 Å². The third-order valence-corrected chi connectivity index (χ3v) is 10.9. The maximum atomic E-state index is 10.9. The number of fused-ring (bicyclic) bond motifs is 1. The molecule has 0 saturated carbocycles. The minimum atomic E-state index is -2.05. The number of nitrogens with zero attached hydrogens (tertiary/aromatic N) is 4. The Morgan fingerprint density at radius 2 is 1.97 bits per heavy atom. The third kappa shape index (κ3) is 4.82. The summed E-state index contributed by atoms with van der Waals surface area (Å²) < 4.78 is 13.9. The van der Waals surface area contributed by atoms with E-state index in [0.717, 1.165) is 19.3 Å². The van der Waals surface area contributed by atoms with Crippen molar-refractivity contribution in [3.8, 4) is 11.8 Å². The highest BCUT2D eigenvalue weighted by Crippen LogP contribution is 2.38. The van der Waals surface area contributed by atoms with Crippen LogP contribution in [0.2, 0.25) is 18.1 Å². The van der Waals surface area contributed by atoms with Gasteiger partial charge < -0.3 is 25.1 Å². The van der Waals surface area contributed by atoms with E-state index in [1.165, 1.54) is 6.33 Å². The van der Waals surface area contributed by atoms with Crippen LogP contribution in [0.4, 0.5) is 5.82 Å². The topological polar surface area (TPSA) is 129 Å². The van der Waals surface area contributed by atoms with Gasteiger partial charge in [0.1, 0.15) is 24.6 Å². The maximum absolute atomic E-state index is 10.9. The second kappa shape index (κ2) is 9.45. The molecule has 2 aromatic heterocycles. The molecule has 3 heterocycles. The highest BCUT2D eigenvalue weighted by molar-refractivity contribution is 6.74. The molecule has 0 bridgehead atoms. The van der Waals surface area contributed by atoms with E-state index < -0.39 is 32.9 Å². The number of nitrogen functional groups attached to an aromatic ring is 1. The van der Waals surface area contributed by atoms with Gasteiger partial charge in [0.05, 0.1) is 6.61 Å². The standard InChI is InChI=1S/C22H35N5O4Si/c1-7-8-9-10-11-15-26-16-19(23)24-13-25-20(16)27(15)21-18(29)17(28)14(31-21)12-30-32(5,6)22(2,3)4/h13-14,17-18,21,28-29H,7-9,12H2,1-6H3,(H2,23,24,25)/t14-,17-,18-,21-/m1/s1. The van der Waals surface area contributed by atoms with Crippen LogP contribution in [0, 0.1) is 11.8 Å². The van der Waals surface area contributed by atoms with Gasteiger partial charge in [-0.05, 0) is 30.5 Å². The lowest BCUT2D eigenvalue weighted by Crippen LogP contribution is -2.44. The molecule has 0 unspecified atom stereocenters. The van der Waals surface area contributed by atoms with Gasteiger partial charge in [0.2, 0.25) is 0 Å². The van der Waals surface area contributed by atoms with Crippen molar-refractivity contribution >= 4 is 25.3 Å². The average Bonchev–Trinajstić information content (AvgIpc) is 3.21. The van der Waals surface area contributed by atoms with E-state index in [1.54, 1.807) is 4.57 Å². The number of anilines is 1. The molecule has 0 aliphatic carbocycles. The first kappa shape index (κ1) is 24.6. The van der Waals surface area contributed by atoms with E-state index >= 15 is 0 Å². The van der Waals surface area contributed by atoms with Crippen LogP contribution in [-0.2, 0) is 9.16 Å². The zero-order chi connectivity index (χ0) is 23.7. The molecule has 0 spiro atoms. The average molecular weight is 462 g/mol. The minimum absolute atomic E-state index is 0.0187. The molecular formula is C22H35N5O4Si. The Kier molecular flexibility index (Phi) is 7.27. The zero-order valence-corrected chi connectivity index (χ0v) is 20.8. The summed E-state index contributed by atoms with van der Waals surface area (Å²) in [7, 11) is -2.05. The van der Waals surface area contributed by atoms with Crippen LogP contribution >= 0.6 is 0 Å². The quantitative estimate of drug-likeness (QED) is 0.340. The fraction of sp³-hybridized carbons (Fsp3) is 0.682. The molecular weight excluding hydrogens is 426 g/mol. The fourth-order valence-corrected chi connectivity index (χ4v) is 4.26. The molecule has 0 aromatic carbocycles. The molecule has 10 heteroatoms. The number of ether oxygens (including phenoxy) is 1. The van der Waals surface area contributed by atoms with Gasteiger partial charge in [-0.3, -0.25) is 4.57 Å². The summed E-state index contributed by atoms with van der Waals surface area (Å²) in [6, 6.07) is 0. The Morgan fingerprint density at radius 3 is 2.62 bits per heavy atom. The van der Waals surface area contributed by atoms with E-state index in [-0.39, 0.29) is 17.5 Å². The Balaban J connectivity index is 1.92. The Bertz CT molecular complexity index is 1010. The second-order valence-corrected chi connectivity index (χ2v) is 14.6. The van der Waals surface area contributed by atoms with Gasteiger partial charge in [0, 0.05) is 6.42 Å². The summed E-state index contributed by atoms with van der Waals surface area (Å²) in [5.41, 5.74) is 6.79. The van der Waals surface area contributed by atoms with Crippen molar-refractivity contribution in [3.63, 3.8) is 0 Å². The number of aliphatic hydroxyl groups is 2. The van der Waals surface area contributed by atoms with Crippen LogP contribution in [0.15, 0.2) is 6.33 Å². The molecule has 1 saturated heterocycles. The highest BCUT2D eigenvalue weighted by atomic mass is 28.4. The lowest BCUT2D eigenvalue weighted by Gasteiger charge is -2.37. The first-order valence-electron chi connectivity index (χ1n) is 11.1. The Morgan fingerprint density at radius 1 is 1.25 bits per heavy atom. The van der Waals surface area contributed by atoms with E-state index in [1.807, 2.05) is 0 Å². The number of unbranched alkanes of at least 4 members (excludes halogenated alkanes) is 2. The molecule has 0 radical (unpaired) electrons. The lowest BCUT2D eigenvalue weighted by atomic mass is 10.1. The molecule has 176 valence electrons. The van der Waals surface area contributed by atoms with Crippen LogP contribution in [0.1, 0.15) is 59.0 Å². The molecule has 1 aliphatic rings. The number of aromatic nitrogens is 4. The molecule has 1 aliphatic heterocycles. The van der Waals surface area contributed by atoms with Crippen molar-refractivity contribution < 1.29 is 19.4 Å². The predicted octanol–water partition coefficient (Wildman–Crippen LogP) is 2.59.